The molecule has 0 bridgehead atoms. The molecule has 0 amide bonds. The smallest absolute Gasteiger partial charge is 0.139 e. The number of hydrogen-bond donors (Lipinski definition) is 1. The quantitative estimate of drug-likeness (QED) is 0.765. The first-order chi connectivity index (χ1) is 7.76. The van der Waals surface area contributed by atoms with Gasteiger partial charge in [0.25, 0.3) is 0 Å². The monoisotopic (exact) mass is 221 g/mol. The molecular weight excluding hydrogens is 206 g/mol. The van der Waals surface area contributed by atoms with Crippen LogP contribution < -0.4 is 4.74 Å². The van der Waals surface area contributed by atoms with Crippen molar-refractivity contribution in [1.29, 1.82) is 0 Å². The zero-order valence-corrected chi connectivity index (χ0v) is 9.43. The molecule has 0 radical (unpaired) electrons. The van der Waals surface area contributed by atoms with E-state index in [4.69, 9.17) is 14.6 Å². The summed E-state index contributed by atoms with van der Waals surface area (Å²) in [6.45, 7) is 2.27. The summed E-state index contributed by atoms with van der Waals surface area (Å²) in [4.78, 5) is 4.00. The van der Waals surface area contributed by atoms with Crippen LogP contribution in [-0.2, 0) is 4.74 Å². The third-order valence-corrected chi connectivity index (χ3v) is 1.76. The van der Waals surface area contributed by atoms with Gasteiger partial charge in [-0.25, -0.2) is 0 Å². The maximum Gasteiger partial charge on any atom is 0.139 e. The van der Waals surface area contributed by atoms with E-state index in [1.807, 2.05) is 6.92 Å². The topological polar surface area (TPSA) is 51.6 Å². The van der Waals surface area contributed by atoms with Gasteiger partial charge < -0.3 is 14.6 Å². The number of pyridine rings is 1. The molecule has 1 rings (SSSR count). The molecule has 1 unspecified atom stereocenters. The summed E-state index contributed by atoms with van der Waals surface area (Å²) in [5.41, 5.74) is 0.719. The highest BCUT2D eigenvalue weighted by atomic mass is 16.5. The maximum absolute atomic E-state index is 8.57. The third kappa shape index (κ3) is 4.30. The molecule has 0 spiro atoms. The molecule has 86 valence electrons. The van der Waals surface area contributed by atoms with E-state index in [1.165, 1.54) is 0 Å². The van der Waals surface area contributed by atoms with Gasteiger partial charge in [-0.2, -0.15) is 0 Å². The van der Waals surface area contributed by atoms with Gasteiger partial charge in [0.1, 0.15) is 18.5 Å². The van der Waals surface area contributed by atoms with Crippen LogP contribution in [0.1, 0.15) is 12.5 Å². The Labute approximate surface area is 95.2 Å². The lowest BCUT2D eigenvalue weighted by Gasteiger charge is -2.13. The summed E-state index contributed by atoms with van der Waals surface area (Å²) in [5, 5.41) is 8.57. The highest BCUT2D eigenvalue weighted by Gasteiger charge is 2.03. The normalized spacial score (nSPS) is 11.4. The number of aromatic nitrogens is 1. The van der Waals surface area contributed by atoms with Crippen LogP contribution in [0, 0.1) is 11.8 Å². The van der Waals surface area contributed by atoms with Crippen molar-refractivity contribution in [2.45, 2.75) is 13.0 Å². The third-order valence-electron chi connectivity index (χ3n) is 1.76. The van der Waals surface area contributed by atoms with Gasteiger partial charge in [-0.15, -0.1) is 0 Å². The Morgan fingerprint density at radius 3 is 3.00 bits per heavy atom. The SMILES string of the molecule is COCC(C)Oc1cncc(C#CCO)c1. The van der Waals surface area contributed by atoms with Crippen LogP contribution in [0.5, 0.6) is 5.75 Å². The predicted octanol–water partition coefficient (Wildman–Crippen LogP) is 0.839. The van der Waals surface area contributed by atoms with Crippen molar-refractivity contribution in [3.05, 3.63) is 24.0 Å². The Bertz CT molecular complexity index is 381. The average Bonchev–Trinajstić information content (AvgIpc) is 2.27. The fourth-order valence-electron chi connectivity index (χ4n) is 1.19. The first kappa shape index (κ1) is 12.5. The first-order valence-corrected chi connectivity index (χ1v) is 4.96. The standard InChI is InChI=1S/C12H15NO3/c1-10(9-15-2)16-12-6-11(4-3-5-14)7-13-8-12/h6-8,10,14H,5,9H2,1-2H3. The minimum absolute atomic E-state index is 0.0344. The number of aliphatic hydroxyl groups excluding tert-OH is 1. The summed E-state index contributed by atoms with van der Waals surface area (Å²) in [6, 6.07) is 1.78. The molecule has 0 aliphatic carbocycles. The summed E-state index contributed by atoms with van der Waals surface area (Å²) < 4.78 is 10.5. The van der Waals surface area contributed by atoms with Crippen LogP contribution in [-0.4, -0.2) is 36.5 Å². The molecule has 1 atom stereocenters. The summed E-state index contributed by atoms with van der Waals surface area (Å²) in [7, 11) is 1.63. The van der Waals surface area contributed by atoms with E-state index in [1.54, 1.807) is 25.6 Å². The van der Waals surface area contributed by atoms with Crippen LogP contribution >= 0.6 is 0 Å². The summed E-state index contributed by atoms with van der Waals surface area (Å²) in [6.07, 6.45) is 3.21. The van der Waals surface area contributed by atoms with Gasteiger partial charge in [0.15, 0.2) is 0 Å². The highest BCUT2D eigenvalue weighted by molar-refractivity contribution is 5.36. The molecule has 0 fully saturated rings. The van der Waals surface area contributed by atoms with Crippen LogP contribution in [0.15, 0.2) is 18.5 Å². The molecule has 1 aromatic rings. The van der Waals surface area contributed by atoms with E-state index in [9.17, 15) is 0 Å². The molecule has 4 heteroatoms. The van der Waals surface area contributed by atoms with Gasteiger partial charge in [-0.1, -0.05) is 11.8 Å². The average molecular weight is 221 g/mol. The molecule has 1 N–H and O–H groups in total. The summed E-state index contributed by atoms with van der Waals surface area (Å²) in [5.74, 6) is 5.97. The van der Waals surface area contributed by atoms with Crippen molar-refractivity contribution in [1.82, 2.24) is 4.98 Å². The van der Waals surface area contributed by atoms with E-state index >= 15 is 0 Å². The van der Waals surface area contributed by atoms with Gasteiger partial charge in [-0.05, 0) is 13.0 Å². The number of nitrogens with zero attached hydrogens (tertiary/aromatic N) is 1. The lowest BCUT2D eigenvalue weighted by atomic mass is 10.3. The van der Waals surface area contributed by atoms with Crippen LogP contribution in [0.2, 0.25) is 0 Å². The van der Waals surface area contributed by atoms with Crippen molar-refractivity contribution < 1.29 is 14.6 Å². The number of rotatable bonds is 4. The lowest BCUT2D eigenvalue weighted by molar-refractivity contribution is 0.0918. The Morgan fingerprint density at radius 2 is 2.31 bits per heavy atom. The number of ether oxygens (including phenoxy) is 2. The maximum atomic E-state index is 8.57. The second-order valence-electron chi connectivity index (χ2n) is 3.25. The van der Waals surface area contributed by atoms with E-state index in [0.717, 1.165) is 5.56 Å². The lowest BCUT2D eigenvalue weighted by Crippen LogP contribution is -2.18. The van der Waals surface area contributed by atoms with E-state index in [-0.39, 0.29) is 12.7 Å². The second-order valence-corrected chi connectivity index (χ2v) is 3.25. The molecule has 0 saturated heterocycles. The summed E-state index contributed by atoms with van der Waals surface area (Å²) >= 11 is 0. The Morgan fingerprint density at radius 1 is 1.50 bits per heavy atom. The fourth-order valence-corrected chi connectivity index (χ4v) is 1.19. The minimum atomic E-state index is -0.162. The molecule has 4 nitrogen and oxygen atoms in total. The molecule has 16 heavy (non-hydrogen) atoms. The van der Waals surface area contributed by atoms with Gasteiger partial charge in [0.2, 0.25) is 0 Å². The zero-order valence-electron chi connectivity index (χ0n) is 9.43. The van der Waals surface area contributed by atoms with Crippen molar-refractivity contribution in [2.24, 2.45) is 0 Å². The second kappa shape index (κ2) is 6.83. The van der Waals surface area contributed by atoms with Crippen molar-refractivity contribution in [3.8, 4) is 17.6 Å². The van der Waals surface area contributed by atoms with Gasteiger partial charge >= 0.3 is 0 Å². The number of aliphatic hydroxyl groups is 1. The first-order valence-electron chi connectivity index (χ1n) is 4.96. The van der Waals surface area contributed by atoms with Crippen molar-refractivity contribution in [3.63, 3.8) is 0 Å². The van der Waals surface area contributed by atoms with Crippen molar-refractivity contribution in [2.75, 3.05) is 20.3 Å². The Hall–Kier alpha value is -1.57. The molecule has 1 heterocycles. The van der Waals surface area contributed by atoms with E-state index < -0.39 is 0 Å². The fraction of sp³-hybridized carbons (Fsp3) is 0.417. The Balaban J connectivity index is 2.67. The largest absolute Gasteiger partial charge is 0.487 e. The molecular formula is C12H15NO3. The van der Waals surface area contributed by atoms with E-state index in [2.05, 4.69) is 16.8 Å². The molecule has 0 aliphatic heterocycles. The zero-order chi connectivity index (χ0) is 11.8. The van der Waals surface area contributed by atoms with Gasteiger partial charge in [0, 0.05) is 18.9 Å². The van der Waals surface area contributed by atoms with Gasteiger partial charge in [0.05, 0.1) is 12.8 Å². The van der Waals surface area contributed by atoms with Crippen LogP contribution in [0.25, 0.3) is 0 Å². The van der Waals surface area contributed by atoms with E-state index in [0.29, 0.717) is 12.4 Å². The van der Waals surface area contributed by atoms with Crippen LogP contribution in [0.3, 0.4) is 0 Å². The minimum Gasteiger partial charge on any atom is -0.487 e. The predicted molar refractivity (Wildman–Crippen MR) is 60.2 cm³/mol. The van der Waals surface area contributed by atoms with Gasteiger partial charge in [-0.3, -0.25) is 4.98 Å². The molecule has 0 saturated carbocycles. The number of methoxy groups -OCH3 is 1. The van der Waals surface area contributed by atoms with Crippen LogP contribution in [0.4, 0.5) is 0 Å². The Kier molecular flexibility index (Phi) is 5.34. The molecule has 0 aromatic carbocycles. The molecule has 1 aromatic heterocycles. The molecule has 0 aliphatic rings. The number of hydrogen-bond acceptors (Lipinski definition) is 4. The highest BCUT2D eigenvalue weighted by Crippen LogP contribution is 2.12. The van der Waals surface area contributed by atoms with Crippen molar-refractivity contribution >= 4 is 0 Å².